The highest BCUT2D eigenvalue weighted by atomic mass is 79.9. The van der Waals surface area contributed by atoms with Gasteiger partial charge in [-0.2, -0.15) is 9.78 Å². The van der Waals surface area contributed by atoms with Crippen molar-refractivity contribution in [2.45, 2.75) is 26.9 Å². The maximum Gasteiger partial charge on any atom is 0.347 e. The van der Waals surface area contributed by atoms with Crippen LogP contribution in [0.4, 0.5) is 0 Å². The largest absolute Gasteiger partial charge is 0.490 e. The third-order valence-electron chi connectivity index (χ3n) is 6.02. The first-order valence-corrected chi connectivity index (χ1v) is 14.0. The summed E-state index contributed by atoms with van der Waals surface area (Å²) in [5.74, 6) is 0.823. The quantitative estimate of drug-likeness (QED) is 0.129. The first-order valence-electron chi connectivity index (χ1n) is 12.8. The number of fused-ring (bicyclic) bond motifs is 2. The van der Waals surface area contributed by atoms with Gasteiger partial charge in [0.2, 0.25) is 5.82 Å². The number of furan rings is 1. The predicted octanol–water partition coefficient (Wildman–Crippen LogP) is 6.84. The van der Waals surface area contributed by atoms with E-state index in [2.05, 4.69) is 21.0 Å². The van der Waals surface area contributed by atoms with Crippen molar-refractivity contribution < 1.29 is 23.4 Å². The Hall–Kier alpha value is -4.15. The maximum absolute atomic E-state index is 13.6. The molecule has 0 bridgehead atoms. The van der Waals surface area contributed by atoms with Gasteiger partial charge in [0.25, 0.3) is 5.56 Å². The number of esters is 1. The van der Waals surface area contributed by atoms with Crippen molar-refractivity contribution in [2.75, 3.05) is 13.2 Å². The van der Waals surface area contributed by atoms with Gasteiger partial charge < -0.3 is 18.6 Å². The van der Waals surface area contributed by atoms with Crippen molar-refractivity contribution in [2.24, 2.45) is 5.10 Å². The number of carbonyl (C=O) groups is 1. The normalized spacial score (nSPS) is 12.2. The van der Waals surface area contributed by atoms with Gasteiger partial charge in [-0.15, -0.1) is 0 Å². The van der Waals surface area contributed by atoms with Crippen LogP contribution in [0.5, 0.6) is 11.5 Å². The fourth-order valence-electron chi connectivity index (χ4n) is 4.16. The summed E-state index contributed by atoms with van der Waals surface area (Å²) in [6.45, 7) is 5.76. The smallest absolute Gasteiger partial charge is 0.347 e. The van der Waals surface area contributed by atoms with Gasteiger partial charge in [0.15, 0.2) is 23.4 Å². The number of rotatable bonds is 9. The van der Waals surface area contributed by atoms with E-state index in [4.69, 9.17) is 35.2 Å². The number of aromatic nitrogens is 2. The fraction of sp³-hybridized carbons (Fsp3) is 0.200. The summed E-state index contributed by atoms with van der Waals surface area (Å²) < 4.78 is 24.5. The minimum Gasteiger partial charge on any atom is -0.490 e. The molecule has 9 nitrogen and oxygen atoms in total. The van der Waals surface area contributed by atoms with E-state index in [1.807, 2.05) is 13.0 Å². The van der Waals surface area contributed by atoms with Crippen molar-refractivity contribution in [3.63, 3.8) is 0 Å². The Kier molecular flexibility index (Phi) is 8.41. The van der Waals surface area contributed by atoms with Crippen LogP contribution >= 0.6 is 27.5 Å². The summed E-state index contributed by atoms with van der Waals surface area (Å²) in [6, 6.07) is 17.5. The van der Waals surface area contributed by atoms with Crippen LogP contribution in [0.2, 0.25) is 5.02 Å². The molecule has 2 aromatic heterocycles. The Balaban J connectivity index is 1.59. The van der Waals surface area contributed by atoms with E-state index < -0.39 is 12.1 Å². The SMILES string of the molecule is CCOC(=O)[C@@H](C)Oc1c(Br)cc(C=Nn2c(-c3cc4cc(Cl)ccc4o3)nc3ccccc3c2=O)cc1OCC. The fourth-order valence-corrected chi connectivity index (χ4v) is 4.90. The standard InChI is InChI=1S/C30H25BrClN3O6/c1-4-38-25-13-18(12-22(31)27(25)40-17(3)30(37)39-5-2)16-33-35-28(34-23-9-7-6-8-21(23)29(35)36)26-15-19-14-20(32)10-11-24(19)41-26/h6-17H,4-5H2,1-3H3/t17-/m1/s1. The maximum atomic E-state index is 13.6. The molecule has 0 saturated carbocycles. The molecule has 2 heterocycles. The monoisotopic (exact) mass is 637 g/mol. The van der Waals surface area contributed by atoms with Gasteiger partial charge >= 0.3 is 5.97 Å². The lowest BCUT2D eigenvalue weighted by Crippen LogP contribution is -2.26. The Morgan fingerprint density at radius 2 is 1.95 bits per heavy atom. The first kappa shape index (κ1) is 28.4. The molecule has 0 spiro atoms. The average molecular weight is 639 g/mol. The second kappa shape index (κ2) is 12.2. The predicted molar refractivity (Wildman–Crippen MR) is 161 cm³/mol. The molecule has 11 heteroatoms. The molecular formula is C30H25BrClN3O6. The van der Waals surface area contributed by atoms with E-state index in [1.54, 1.807) is 68.4 Å². The summed E-state index contributed by atoms with van der Waals surface area (Å²) >= 11 is 9.67. The van der Waals surface area contributed by atoms with E-state index in [0.29, 0.717) is 55.4 Å². The Morgan fingerprint density at radius 1 is 1.15 bits per heavy atom. The van der Waals surface area contributed by atoms with Crippen LogP contribution in [0.25, 0.3) is 33.5 Å². The second-order valence-corrected chi connectivity index (χ2v) is 10.2. The minimum atomic E-state index is -0.853. The summed E-state index contributed by atoms with van der Waals surface area (Å²) in [5, 5.41) is 6.25. The third kappa shape index (κ3) is 5.98. The molecule has 0 aliphatic carbocycles. The Bertz CT molecular complexity index is 1850. The Morgan fingerprint density at radius 3 is 2.73 bits per heavy atom. The molecule has 5 aromatic rings. The molecule has 0 N–H and O–H groups in total. The van der Waals surface area contributed by atoms with Gasteiger partial charge in [0.05, 0.1) is 34.8 Å². The van der Waals surface area contributed by atoms with Crippen LogP contribution in [-0.4, -0.2) is 41.2 Å². The number of benzene rings is 3. The van der Waals surface area contributed by atoms with E-state index in [0.717, 1.165) is 5.39 Å². The van der Waals surface area contributed by atoms with Crippen molar-refractivity contribution >= 4 is 61.6 Å². The Labute approximate surface area is 248 Å². The zero-order chi connectivity index (χ0) is 29.1. The zero-order valence-corrected chi connectivity index (χ0v) is 24.7. The molecule has 3 aromatic carbocycles. The van der Waals surface area contributed by atoms with Gasteiger partial charge in [-0.3, -0.25) is 4.79 Å². The molecule has 0 fully saturated rings. The van der Waals surface area contributed by atoms with E-state index >= 15 is 0 Å². The molecule has 0 radical (unpaired) electrons. The number of para-hydroxylation sites is 1. The third-order valence-corrected chi connectivity index (χ3v) is 6.84. The lowest BCUT2D eigenvalue weighted by molar-refractivity contribution is -0.150. The molecule has 0 aliphatic rings. The molecule has 210 valence electrons. The van der Waals surface area contributed by atoms with Crippen LogP contribution in [-0.2, 0) is 9.53 Å². The highest BCUT2D eigenvalue weighted by molar-refractivity contribution is 9.10. The molecule has 0 amide bonds. The summed E-state index contributed by atoms with van der Waals surface area (Å²) in [7, 11) is 0. The number of nitrogens with zero attached hydrogens (tertiary/aromatic N) is 3. The lowest BCUT2D eigenvalue weighted by atomic mass is 10.2. The average Bonchev–Trinajstić information content (AvgIpc) is 3.37. The molecule has 41 heavy (non-hydrogen) atoms. The molecule has 5 rings (SSSR count). The summed E-state index contributed by atoms with van der Waals surface area (Å²) in [4.78, 5) is 30.4. The van der Waals surface area contributed by atoms with Gasteiger partial charge in [0.1, 0.15) is 5.58 Å². The molecule has 0 aliphatic heterocycles. The van der Waals surface area contributed by atoms with Crippen molar-refractivity contribution in [3.8, 4) is 23.1 Å². The topological polar surface area (TPSA) is 105 Å². The van der Waals surface area contributed by atoms with Crippen molar-refractivity contribution in [1.29, 1.82) is 0 Å². The van der Waals surface area contributed by atoms with Crippen LogP contribution in [0.3, 0.4) is 0 Å². The zero-order valence-electron chi connectivity index (χ0n) is 22.4. The van der Waals surface area contributed by atoms with Gasteiger partial charge in [-0.1, -0.05) is 23.7 Å². The van der Waals surface area contributed by atoms with Gasteiger partial charge in [0, 0.05) is 10.4 Å². The number of ether oxygens (including phenoxy) is 3. The highest BCUT2D eigenvalue weighted by Crippen LogP contribution is 2.37. The molecular weight excluding hydrogens is 614 g/mol. The van der Waals surface area contributed by atoms with E-state index in [1.165, 1.54) is 10.9 Å². The van der Waals surface area contributed by atoms with E-state index in [9.17, 15) is 9.59 Å². The number of halogens is 2. The minimum absolute atomic E-state index is 0.226. The number of hydrogen-bond acceptors (Lipinski definition) is 8. The summed E-state index contributed by atoms with van der Waals surface area (Å²) in [5.41, 5.74) is 1.34. The molecule has 0 unspecified atom stereocenters. The van der Waals surface area contributed by atoms with Crippen LogP contribution in [0.1, 0.15) is 26.3 Å². The molecule has 1 atom stereocenters. The molecule has 0 saturated heterocycles. The number of carbonyl (C=O) groups excluding carboxylic acids is 1. The van der Waals surface area contributed by atoms with Crippen molar-refractivity contribution in [1.82, 2.24) is 9.66 Å². The van der Waals surface area contributed by atoms with Crippen LogP contribution in [0, 0.1) is 0 Å². The van der Waals surface area contributed by atoms with Gasteiger partial charge in [-0.05, 0) is 90.8 Å². The van der Waals surface area contributed by atoms with E-state index in [-0.39, 0.29) is 18.0 Å². The lowest BCUT2D eigenvalue weighted by Gasteiger charge is -2.18. The first-order chi connectivity index (χ1) is 19.8. The van der Waals surface area contributed by atoms with Gasteiger partial charge in [-0.25, -0.2) is 9.78 Å². The number of hydrogen-bond donors (Lipinski definition) is 0. The van der Waals surface area contributed by atoms with Crippen LogP contribution in [0.15, 0.2) is 79.4 Å². The second-order valence-electron chi connectivity index (χ2n) is 8.88. The summed E-state index contributed by atoms with van der Waals surface area (Å²) in [6.07, 6.45) is 0.653. The van der Waals surface area contributed by atoms with Crippen molar-refractivity contribution in [3.05, 3.63) is 86.1 Å². The van der Waals surface area contributed by atoms with Crippen LogP contribution < -0.4 is 15.0 Å². The highest BCUT2D eigenvalue weighted by Gasteiger charge is 2.21.